The van der Waals surface area contributed by atoms with Crippen LogP contribution in [-0.4, -0.2) is 109 Å². The first-order valence-corrected chi connectivity index (χ1v) is 13.1. The van der Waals surface area contributed by atoms with Crippen LogP contribution in [0.4, 0.5) is 23.7 Å². The van der Waals surface area contributed by atoms with Crippen molar-refractivity contribution < 1.29 is 54.7 Å². The number of alkyl halides is 3. The highest BCUT2D eigenvalue weighted by Gasteiger charge is 2.43. The molecule has 2 N–H and O–H groups in total. The number of nitrogens with zero attached hydrogens (tertiary/aromatic N) is 2. The van der Waals surface area contributed by atoms with Crippen LogP contribution < -0.4 is 14.8 Å². The molecule has 0 spiro atoms. The summed E-state index contributed by atoms with van der Waals surface area (Å²) >= 11 is 0. The second-order valence-corrected chi connectivity index (χ2v) is 11.1. The van der Waals surface area contributed by atoms with E-state index >= 15 is 0 Å². The van der Waals surface area contributed by atoms with Crippen LogP contribution in [0.2, 0.25) is 0 Å². The molecule has 1 aromatic rings. The maximum atomic E-state index is 13.2. The Morgan fingerprint density at radius 1 is 1.16 bits per heavy atom. The Morgan fingerprint density at radius 2 is 1.79 bits per heavy atom. The van der Waals surface area contributed by atoms with Crippen LogP contribution in [0, 0.1) is 0 Å². The number of quaternary nitrogens is 1. The van der Waals surface area contributed by atoms with Crippen molar-refractivity contribution in [3.63, 3.8) is 0 Å². The van der Waals surface area contributed by atoms with Gasteiger partial charge in [0.15, 0.2) is 0 Å². The Morgan fingerprint density at radius 3 is 2.34 bits per heavy atom. The van der Waals surface area contributed by atoms with E-state index in [1.54, 1.807) is 28.1 Å². The molecular formula is C22H32F3N4O8S+. The topological polar surface area (TPSA) is 140 Å². The maximum absolute atomic E-state index is 13.2. The predicted molar refractivity (Wildman–Crippen MR) is 128 cm³/mol. The van der Waals surface area contributed by atoms with Gasteiger partial charge >= 0.3 is 24.1 Å². The second kappa shape index (κ2) is 12.7. The summed E-state index contributed by atoms with van der Waals surface area (Å²) in [7, 11) is 0.646. The lowest BCUT2D eigenvalue weighted by Gasteiger charge is -2.29. The molecule has 0 saturated carbocycles. The number of amides is 2. The second-order valence-electron chi connectivity index (χ2n) is 9.38. The van der Waals surface area contributed by atoms with Gasteiger partial charge < -0.3 is 28.9 Å². The van der Waals surface area contributed by atoms with Crippen molar-refractivity contribution in [2.45, 2.75) is 30.5 Å². The van der Waals surface area contributed by atoms with Gasteiger partial charge in [-0.3, -0.25) is 4.79 Å². The van der Waals surface area contributed by atoms with E-state index in [9.17, 15) is 36.0 Å². The van der Waals surface area contributed by atoms with Crippen LogP contribution in [0.25, 0.3) is 0 Å². The van der Waals surface area contributed by atoms with Crippen molar-refractivity contribution in [1.82, 2.24) is 9.62 Å². The number of halogens is 3. The molecule has 2 amide bonds. The number of carbonyl (C=O) groups excluding carboxylic acids is 3. The zero-order valence-electron chi connectivity index (χ0n) is 21.5. The number of benzene rings is 1. The summed E-state index contributed by atoms with van der Waals surface area (Å²) in [4.78, 5) is 36.9. The van der Waals surface area contributed by atoms with E-state index in [0.29, 0.717) is 26.3 Å². The van der Waals surface area contributed by atoms with Crippen molar-refractivity contribution in [3.05, 3.63) is 18.2 Å². The molecule has 1 atom stereocenters. The Bertz CT molecular complexity index is 1120. The molecule has 1 saturated heterocycles. The molecule has 1 aromatic carbocycles. The van der Waals surface area contributed by atoms with Crippen molar-refractivity contribution in [2.75, 3.05) is 65.9 Å². The number of morpholine rings is 1. The van der Waals surface area contributed by atoms with E-state index in [-0.39, 0.29) is 34.0 Å². The minimum Gasteiger partial charge on any atom is -0.492 e. The van der Waals surface area contributed by atoms with Crippen LogP contribution >= 0.6 is 0 Å². The molecule has 16 heteroatoms. The van der Waals surface area contributed by atoms with Crippen molar-refractivity contribution >= 4 is 33.7 Å². The van der Waals surface area contributed by atoms with E-state index in [1.807, 2.05) is 0 Å². The largest absolute Gasteiger partial charge is 0.492 e. The molecule has 0 aliphatic carbocycles. The Kier molecular flexibility index (Phi) is 10.5. The predicted octanol–water partition coefficient (Wildman–Crippen LogP) is 1.32. The first kappa shape index (κ1) is 31.3. The summed E-state index contributed by atoms with van der Waals surface area (Å²) in [5, 5.41) is 2.63. The van der Waals surface area contributed by atoms with Gasteiger partial charge in [-0.2, -0.15) is 13.2 Å². The van der Waals surface area contributed by atoms with Crippen LogP contribution in [-0.2, 0) is 29.1 Å². The number of hydrogen-bond donors (Lipinski definition) is 2. The molecule has 1 aliphatic heterocycles. The van der Waals surface area contributed by atoms with E-state index in [2.05, 4.69) is 14.8 Å². The number of nitrogens with one attached hydrogen (secondary N) is 2. The van der Waals surface area contributed by atoms with E-state index in [4.69, 9.17) is 9.47 Å². The normalized spacial score (nSPS) is 15.5. The lowest BCUT2D eigenvalue weighted by atomic mass is 10.2. The number of anilines is 1. The molecule has 0 bridgehead atoms. The number of esters is 2. The number of urea groups is 1. The van der Waals surface area contributed by atoms with Gasteiger partial charge in [0, 0.05) is 13.1 Å². The number of ether oxygens (including phenoxy) is 3. The number of sulfonamides is 1. The quantitative estimate of drug-likeness (QED) is 0.244. The third-order valence-corrected chi connectivity index (χ3v) is 6.56. The fourth-order valence-electron chi connectivity index (χ4n) is 3.51. The fourth-order valence-corrected chi connectivity index (χ4v) is 4.77. The van der Waals surface area contributed by atoms with Gasteiger partial charge in [0.05, 0.1) is 70.6 Å². The standard InChI is InChI=1S/C22H31F3N4O8S/c1-5-36-18-7-6-16(13-17(18)26-21(32)28-8-10-35-11-9-28)38(33,34)27-15(14-29(2,3)4)12-19(30)37-20(31)22(23,24)25/h6-7,13,15,27H,5,8-12,14H2,1-4H3/p+1/t15-/m1/s1. The average Bonchev–Trinajstić information content (AvgIpc) is 2.78. The van der Waals surface area contributed by atoms with Crippen LogP contribution in [0.3, 0.4) is 0 Å². The summed E-state index contributed by atoms with van der Waals surface area (Å²) in [6.07, 6.45) is -6.22. The third kappa shape index (κ3) is 9.74. The molecule has 1 heterocycles. The summed E-state index contributed by atoms with van der Waals surface area (Å²) in [5.41, 5.74) is 0.0737. The molecule has 0 unspecified atom stereocenters. The minimum atomic E-state index is -5.38. The number of hydrogen-bond acceptors (Lipinski definition) is 8. The van der Waals surface area contributed by atoms with Crippen molar-refractivity contribution in [3.8, 4) is 5.75 Å². The van der Waals surface area contributed by atoms with Gasteiger partial charge in [-0.25, -0.2) is 22.7 Å². The molecule has 0 aromatic heterocycles. The zero-order chi connectivity index (χ0) is 28.7. The summed E-state index contributed by atoms with van der Waals surface area (Å²) < 4.78 is 80.7. The first-order chi connectivity index (χ1) is 17.5. The lowest BCUT2D eigenvalue weighted by molar-refractivity contribution is -0.871. The maximum Gasteiger partial charge on any atom is 0.491 e. The molecule has 12 nitrogen and oxygen atoms in total. The number of likely N-dealkylation sites (N-methyl/N-ethyl adjacent to an activating group) is 1. The highest BCUT2D eigenvalue weighted by molar-refractivity contribution is 7.89. The van der Waals surface area contributed by atoms with E-state index in [0.717, 1.165) is 0 Å². The number of rotatable bonds is 10. The molecule has 1 aliphatic rings. The molecule has 0 radical (unpaired) electrons. The summed E-state index contributed by atoms with van der Waals surface area (Å²) in [5.74, 6) is -4.02. The lowest BCUT2D eigenvalue weighted by Crippen LogP contribution is -2.50. The molecule has 214 valence electrons. The zero-order valence-corrected chi connectivity index (χ0v) is 22.3. The molecule has 2 rings (SSSR count). The monoisotopic (exact) mass is 569 g/mol. The summed E-state index contributed by atoms with van der Waals surface area (Å²) in [6.45, 7) is 3.30. The fraction of sp³-hybridized carbons (Fsp3) is 0.591. The highest BCUT2D eigenvalue weighted by Crippen LogP contribution is 2.29. The third-order valence-electron chi connectivity index (χ3n) is 5.04. The SMILES string of the molecule is CCOc1ccc(S(=O)(=O)N[C@H](CC(=O)OC(=O)C(F)(F)F)C[N+](C)(C)C)cc1NC(=O)N1CCOCC1. The molecule has 1 fully saturated rings. The Labute approximate surface area is 218 Å². The van der Waals surface area contributed by atoms with Crippen LogP contribution in [0.1, 0.15) is 13.3 Å². The van der Waals surface area contributed by atoms with Gasteiger partial charge in [0.1, 0.15) is 5.75 Å². The molecular weight excluding hydrogens is 537 g/mol. The van der Waals surface area contributed by atoms with Gasteiger partial charge in [-0.05, 0) is 25.1 Å². The Hall–Kier alpha value is -2.95. The Balaban J connectivity index is 2.28. The van der Waals surface area contributed by atoms with E-state index in [1.165, 1.54) is 23.1 Å². The summed E-state index contributed by atoms with van der Waals surface area (Å²) in [6, 6.07) is 2.01. The van der Waals surface area contributed by atoms with Crippen molar-refractivity contribution in [1.29, 1.82) is 0 Å². The van der Waals surface area contributed by atoms with E-state index < -0.39 is 46.6 Å². The van der Waals surface area contributed by atoms with Crippen LogP contribution in [0.5, 0.6) is 5.75 Å². The minimum absolute atomic E-state index is 0.0355. The smallest absolute Gasteiger partial charge is 0.491 e. The van der Waals surface area contributed by atoms with Gasteiger partial charge in [0.2, 0.25) is 10.0 Å². The highest BCUT2D eigenvalue weighted by atomic mass is 32.2. The van der Waals surface area contributed by atoms with Gasteiger partial charge in [0.25, 0.3) is 0 Å². The van der Waals surface area contributed by atoms with Crippen LogP contribution in [0.15, 0.2) is 23.1 Å². The first-order valence-electron chi connectivity index (χ1n) is 11.6. The van der Waals surface area contributed by atoms with Gasteiger partial charge in [-0.1, -0.05) is 0 Å². The van der Waals surface area contributed by atoms with Gasteiger partial charge in [-0.15, -0.1) is 0 Å². The van der Waals surface area contributed by atoms with Crippen molar-refractivity contribution in [2.24, 2.45) is 0 Å². The number of carbonyl (C=O) groups is 3. The molecule has 38 heavy (non-hydrogen) atoms. The average molecular weight is 570 g/mol.